The molecule has 0 aliphatic rings. The maximum absolute atomic E-state index is 11.7. The van der Waals surface area contributed by atoms with Gasteiger partial charge in [0, 0.05) is 19.1 Å². The molecule has 0 aliphatic heterocycles. The topological polar surface area (TPSA) is 58.6 Å². The number of carbonyl (C=O) groups excluding carboxylic acids is 1. The van der Waals surface area contributed by atoms with Gasteiger partial charge in [0.2, 0.25) is 5.91 Å². The number of nitrogens with one attached hydrogen (secondary N) is 1. The average Bonchev–Trinajstić information content (AvgIpc) is 2.21. The number of aliphatic hydroxyl groups is 1. The molecule has 1 amide bonds. The number of halogens is 3. The minimum absolute atomic E-state index is 0.0635. The fourth-order valence-corrected chi connectivity index (χ4v) is 0.979. The Labute approximate surface area is 98.1 Å². The van der Waals surface area contributed by atoms with Gasteiger partial charge in [0.05, 0.1) is 6.61 Å². The number of ether oxygens (including phenoxy) is 1. The lowest BCUT2D eigenvalue weighted by atomic mass is 10.1. The third-order valence-electron chi connectivity index (χ3n) is 2.27. The molecule has 0 spiro atoms. The van der Waals surface area contributed by atoms with Crippen molar-refractivity contribution in [3.63, 3.8) is 0 Å². The molecule has 0 radical (unpaired) electrons. The molecular weight excluding hydrogens is 239 g/mol. The molecule has 0 aliphatic carbocycles. The van der Waals surface area contributed by atoms with Gasteiger partial charge in [0.15, 0.2) is 0 Å². The summed E-state index contributed by atoms with van der Waals surface area (Å²) in [6.07, 6.45) is -4.49. The first-order chi connectivity index (χ1) is 7.76. The summed E-state index contributed by atoms with van der Waals surface area (Å²) in [4.78, 5) is 11.2. The first-order valence-electron chi connectivity index (χ1n) is 5.31. The van der Waals surface area contributed by atoms with Crippen LogP contribution in [0.15, 0.2) is 0 Å². The van der Waals surface area contributed by atoms with E-state index >= 15 is 0 Å². The highest BCUT2D eigenvalue weighted by Gasteiger charge is 2.27. The maximum Gasteiger partial charge on any atom is 0.411 e. The molecule has 4 nitrogen and oxygen atoms in total. The first kappa shape index (κ1) is 16.2. The second-order valence-corrected chi connectivity index (χ2v) is 3.93. The van der Waals surface area contributed by atoms with E-state index in [2.05, 4.69) is 10.1 Å². The molecular formula is C10H18F3NO3. The lowest BCUT2D eigenvalue weighted by Gasteiger charge is -2.19. The normalized spacial score (nSPS) is 15.4. The molecule has 0 bridgehead atoms. The van der Waals surface area contributed by atoms with E-state index in [1.54, 1.807) is 13.8 Å². The molecule has 0 saturated heterocycles. The Bertz CT molecular complexity index is 233. The smallest absolute Gasteiger partial charge is 0.396 e. The standard InChI is InChI=1S/C10H18F3NO3/c1-7(5-15)8(2)14-9(16)3-4-17-6-10(11,12)13/h7-8,15H,3-6H2,1-2H3,(H,14,16). The number of rotatable bonds is 7. The van der Waals surface area contributed by atoms with E-state index in [1.165, 1.54) is 0 Å². The Morgan fingerprint density at radius 1 is 1.41 bits per heavy atom. The van der Waals surface area contributed by atoms with E-state index < -0.39 is 12.8 Å². The lowest BCUT2D eigenvalue weighted by Crippen LogP contribution is -2.38. The van der Waals surface area contributed by atoms with Gasteiger partial charge >= 0.3 is 6.18 Å². The number of carbonyl (C=O) groups is 1. The highest BCUT2D eigenvalue weighted by Crippen LogP contribution is 2.14. The van der Waals surface area contributed by atoms with Crippen LogP contribution in [-0.4, -0.2) is 43.1 Å². The van der Waals surface area contributed by atoms with Crippen molar-refractivity contribution < 1.29 is 27.8 Å². The number of aliphatic hydroxyl groups excluding tert-OH is 1. The van der Waals surface area contributed by atoms with E-state index in [0.717, 1.165) is 0 Å². The molecule has 7 heteroatoms. The van der Waals surface area contributed by atoms with Crippen molar-refractivity contribution in [1.82, 2.24) is 5.32 Å². The minimum Gasteiger partial charge on any atom is -0.396 e. The van der Waals surface area contributed by atoms with Crippen LogP contribution in [0.2, 0.25) is 0 Å². The van der Waals surface area contributed by atoms with Gasteiger partial charge in [-0.25, -0.2) is 0 Å². The number of amides is 1. The minimum atomic E-state index is -4.37. The summed E-state index contributed by atoms with van der Waals surface area (Å²) in [6.45, 7) is 1.79. The van der Waals surface area contributed by atoms with Crippen molar-refractivity contribution in [3.8, 4) is 0 Å². The maximum atomic E-state index is 11.7. The van der Waals surface area contributed by atoms with Gasteiger partial charge in [0.25, 0.3) is 0 Å². The van der Waals surface area contributed by atoms with Gasteiger partial charge in [0.1, 0.15) is 6.61 Å². The van der Waals surface area contributed by atoms with E-state index in [4.69, 9.17) is 5.11 Å². The molecule has 0 heterocycles. The van der Waals surface area contributed by atoms with Crippen molar-refractivity contribution >= 4 is 5.91 Å². The molecule has 102 valence electrons. The van der Waals surface area contributed by atoms with Gasteiger partial charge in [-0.05, 0) is 12.8 Å². The summed E-state index contributed by atoms with van der Waals surface area (Å²) < 4.78 is 39.4. The second kappa shape index (κ2) is 7.50. The fourth-order valence-electron chi connectivity index (χ4n) is 0.979. The molecule has 0 aromatic carbocycles. The van der Waals surface area contributed by atoms with Gasteiger partial charge in [-0.1, -0.05) is 6.92 Å². The number of hydrogen-bond acceptors (Lipinski definition) is 3. The predicted octanol–water partition coefficient (Wildman–Crippen LogP) is 1.09. The summed E-state index contributed by atoms with van der Waals surface area (Å²) in [6, 6.07) is -0.227. The Balaban J connectivity index is 3.67. The lowest BCUT2D eigenvalue weighted by molar-refractivity contribution is -0.174. The summed E-state index contributed by atoms with van der Waals surface area (Å²) in [5.41, 5.74) is 0. The molecule has 2 N–H and O–H groups in total. The Kier molecular flexibility index (Phi) is 7.13. The summed E-state index contributed by atoms with van der Waals surface area (Å²) in [5, 5.41) is 11.4. The molecule has 0 fully saturated rings. The zero-order chi connectivity index (χ0) is 13.5. The largest absolute Gasteiger partial charge is 0.411 e. The molecule has 2 unspecified atom stereocenters. The van der Waals surface area contributed by atoms with Crippen molar-refractivity contribution in [1.29, 1.82) is 0 Å². The van der Waals surface area contributed by atoms with Gasteiger partial charge < -0.3 is 15.2 Å². The van der Waals surface area contributed by atoms with E-state index in [1.807, 2.05) is 0 Å². The van der Waals surface area contributed by atoms with Gasteiger partial charge in [-0.15, -0.1) is 0 Å². The molecule has 17 heavy (non-hydrogen) atoms. The summed E-state index contributed by atoms with van der Waals surface area (Å²) >= 11 is 0. The van der Waals surface area contributed by atoms with Crippen LogP contribution in [0.1, 0.15) is 20.3 Å². The number of hydrogen-bond donors (Lipinski definition) is 2. The highest BCUT2D eigenvalue weighted by atomic mass is 19.4. The van der Waals surface area contributed by atoms with Crippen molar-refractivity contribution in [2.45, 2.75) is 32.5 Å². The predicted molar refractivity (Wildman–Crippen MR) is 55.3 cm³/mol. The highest BCUT2D eigenvalue weighted by molar-refractivity contribution is 5.76. The van der Waals surface area contributed by atoms with Crippen LogP contribution in [0.25, 0.3) is 0 Å². The molecule has 2 atom stereocenters. The summed E-state index contributed by atoms with van der Waals surface area (Å²) in [7, 11) is 0. The molecule has 0 aromatic heterocycles. The molecule has 0 rings (SSSR count). The van der Waals surface area contributed by atoms with E-state index in [0.29, 0.717) is 0 Å². The zero-order valence-electron chi connectivity index (χ0n) is 9.88. The monoisotopic (exact) mass is 257 g/mol. The zero-order valence-corrected chi connectivity index (χ0v) is 9.88. The molecule has 0 aromatic rings. The van der Waals surface area contributed by atoms with Crippen molar-refractivity contribution in [3.05, 3.63) is 0 Å². The van der Waals surface area contributed by atoms with Crippen molar-refractivity contribution in [2.24, 2.45) is 5.92 Å². The SMILES string of the molecule is CC(CO)C(C)NC(=O)CCOCC(F)(F)F. The Morgan fingerprint density at radius 3 is 2.47 bits per heavy atom. The van der Waals surface area contributed by atoms with Crippen LogP contribution in [0.3, 0.4) is 0 Å². The van der Waals surface area contributed by atoms with Gasteiger partial charge in [-0.3, -0.25) is 4.79 Å². The average molecular weight is 257 g/mol. The van der Waals surface area contributed by atoms with E-state index in [9.17, 15) is 18.0 Å². The first-order valence-corrected chi connectivity index (χ1v) is 5.31. The Morgan fingerprint density at radius 2 is 2.00 bits per heavy atom. The summed E-state index contributed by atoms with van der Waals surface area (Å²) in [5.74, 6) is -0.491. The Hall–Kier alpha value is -0.820. The van der Waals surface area contributed by atoms with Gasteiger partial charge in [-0.2, -0.15) is 13.2 Å². The van der Waals surface area contributed by atoms with Crippen LogP contribution in [-0.2, 0) is 9.53 Å². The van der Waals surface area contributed by atoms with Crippen LogP contribution in [0, 0.1) is 5.92 Å². The molecule has 0 saturated carbocycles. The van der Waals surface area contributed by atoms with Crippen molar-refractivity contribution in [2.75, 3.05) is 19.8 Å². The fraction of sp³-hybridized carbons (Fsp3) is 0.900. The van der Waals surface area contributed by atoms with Crippen LogP contribution in [0.4, 0.5) is 13.2 Å². The number of alkyl halides is 3. The van der Waals surface area contributed by atoms with Crippen LogP contribution in [0.5, 0.6) is 0 Å². The van der Waals surface area contributed by atoms with E-state index in [-0.39, 0.29) is 37.5 Å². The van der Waals surface area contributed by atoms with Crippen LogP contribution < -0.4 is 5.32 Å². The quantitative estimate of drug-likeness (QED) is 0.671. The third-order valence-corrected chi connectivity index (χ3v) is 2.27. The second-order valence-electron chi connectivity index (χ2n) is 3.93. The van der Waals surface area contributed by atoms with Crippen LogP contribution >= 0.6 is 0 Å². The third kappa shape index (κ3) is 8.93.